The van der Waals surface area contributed by atoms with Crippen LogP contribution in [0.25, 0.3) is 6.08 Å². The molecule has 1 aliphatic rings. The number of carbonyl (C=O) groups excluding carboxylic acids is 2. The number of amides is 1. The largest absolute Gasteiger partial charge is 0.497 e. The molecule has 0 atom stereocenters. The van der Waals surface area contributed by atoms with E-state index in [0.717, 1.165) is 5.56 Å². The van der Waals surface area contributed by atoms with Crippen LogP contribution in [0.1, 0.15) is 23.6 Å². The average Bonchev–Trinajstić information content (AvgIpc) is 3.17. The zero-order chi connectivity index (χ0) is 28.8. The molecule has 1 amide bonds. The fourth-order valence-corrected chi connectivity index (χ4v) is 4.98. The van der Waals surface area contributed by atoms with Crippen LogP contribution < -0.4 is 19.1 Å². The molecule has 10 heteroatoms. The summed E-state index contributed by atoms with van der Waals surface area (Å²) in [6, 6.07) is 18.6. The first-order valence-corrected chi connectivity index (χ1v) is 13.7. The molecule has 0 radical (unpaired) electrons. The van der Waals surface area contributed by atoms with Gasteiger partial charge in [0.25, 0.3) is 5.91 Å². The average molecular weight is 626 g/mol. The van der Waals surface area contributed by atoms with Gasteiger partial charge < -0.3 is 23.8 Å². The molecule has 3 aromatic rings. The highest BCUT2D eigenvalue weighted by Crippen LogP contribution is 2.39. The second-order valence-corrected chi connectivity index (χ2v) is 10.1. The van der Waals surface area contributed by atoms with Crippen molar-refractivity contribution in [2.45, 2.75) is 20.5 Å². The van der Waals surface area contributed by atoms with Crippen LogP contribution in [0.2, 0.25) is 0 Å². The molecule has 208 valence electrons. The minimum Gasteiger partial charge on any atom is -0.497 e. The third kappa shape index (κ3) is 6.46. The van der Waals surface area contributed by atoms with Crippen molar-refractivity contribution in [1.82, 2.24) is 4.90 Å². The fraction of sp³-hybridized carbons (Fsp3) is 0.233. The van der Waals surface area contributed by atoms with E-state index in [4.69, 9.17) is 31.2 Å². The first-order valence-electron chi connectivity index (χ1n) is 12.5. The van der Waals surface area contributed by atoms with E-state index in [-0.39, 0.29) is 23.3 Å². The number of methoxy groups -OCH3 is 2. The van der Waals surface area contributed by atoms with E-state index < -0.39 is 5.97 Å². The number of carbonyl (C=O) groups is 2. The SMILES string of the molecule is CCOc1cc(/C=C2/C(=O)N(c3ccc(OC)cc3)C(=S)N2CC(=O)OC)cc(Br)c1OCc1ccc(C)cc1. The number of rotatable bonds is 10. The molecule has 1 aliphatic heterocycles. The first kappa shape index (κ1) is 29.1. The summed E-state index contributed by atoms with van der Waals surface area (Å²) in [5, 5.41) is 0.161. The van der Waals surface area contributed by atoms with E-state index >= 15 is 0 Å². The molecule has 1 fully saturated rings. The number of hydrogen-bond donors (Lipinski definition) is 0. The number of benzene rings is 3. The monoisotopic (exact) mass is 624 g/mol. The Hall–Kier alpha value is -3.89. The number of hydrogen-bond acceptors (Lipinski definition) is 7. The molecule has 0 aliphatic carbocycles. The smallest absolute Gasteiger partial charge is 0.325 e. The van der Waals surface area contributed by atoms with Crippen molar-refractivity contribution < 1.29 is 28.5 Å². The topological polar surface area (TPSA) is 77.5 Å². The van der Waals surface area contributed by atoms with Gasteiger partial charge in [0.2, 0.25) is 0 Å². The first-order chi connectivity index (χ1) is 19.2. The molecule has 0 aromatic heterocycles. The van der Waals surface area contributed by atoms with E-state index in [1.165, 1.54) is 22.5 Å². The van der Waals surface area contributed by atoms with E-state index in [1.54, 1.807) is 43.5 Å². The fourth-order valence-electron chi connectivity index (χ4n) is 4.06. The lowest BCUT2D eigenvalue weighted by molar-refractivity contribution is -0.140. The van der Waals surface area contributed by atoms with Crippen LogP contribution >= 0.6 is 28.1 Å². The lowest BCUT2D eigenvalue weighted by Crippen LogP contribution is -2.35. The number of ether oxygens (including phenoxy) is 4. The number of esters is 1. The van der Waals surface area contributed by atoms with Crippen molar-refractivity contribution in [2.24, 2.45) is 0 Å². The summed E-state index contributed by atoms with van der Waals surface area (Å²) in [4.78, 5) is 28.8. The zero-order valence-electron chi connectivity index (χ0n) is 22.6. The number of anilines is 1. The predicted octanol–water partition coefficient (Wildman–Crippen LogP) is 5.89. The third-order valence-electron chi connectivity index (χ3n) is 6.12. The van der Waals surface area contributed by atoms with Crippen LogP contribution in [0.3, 0.4) is 0 Å². The molecule has 4 rings (SSSR count). The molecule has 1 saturated heterocycles. The highest BCUT2D eigenvalue weighted by atomic mass is 79.9. The van der Waals surface area contributed by atoms with Crippen molar-refractivity contribution in [3.05, 3.63) is 87.5 Å². The van der Waals surface area contributed by atoms with Crippen LogP contribution in [-0.2, 0) is 20.9 Å². The number of halogens is 1. The molecule has 0 N–H and O–H groups in total. The summed E-state index contributed by atoms with van der Waals surface area (Å²) >= 11 is 9.25. The maximum absolute atomic E-state index is 13.7. The Morgan fingerprint density at radius 3 is 2.35 bits per heavy atom. The Morgan fingerprint density at radius 1 is 1.02 bits per heavy atom. The number of nitrogens with zero attached hydrogens (tertiary/aromatic N) is 2. The van der Waals surface area contributed by atoms with E-state index in [1.807, 2.05) is 44.2 Å². The van der Waals surface area contributed by atoms with Crippen molar-refractivity contribution >= 4 is 56.9 Å². The van der Waals surface area contributed by atoms with Gasteiger partial charge in [0.15, 0.2) is 16.6 Å². The molecule has 0 saturated carbocycles. The van der Waals surface area contributed by atoms with Gasteiger partial charge in [-0.05, 0) is 95.6 Å². The van der Waals surface area contributed by atoms with Gasteiger partial charge >= 0.3 is 5.97 Å². The second-order valence-electron chi connectivity index (χ2n) is 8.85. The molecule has 3 aromatic carbocycles. The van der Waals surface area contributed by atoms with E-state index in [2.05, 4.69) is 15.9 Å². The van der Waals surface area contributed by atoms with Crippen LogP contribution in [0, 0.1) is 6.92 Å². The minimum absolute atomic E-state index is 0.161. The molecule has 0 bridgehead atoms. The number of aryl methyl sites for hydroxylation is 1. The Labute approximate surface area is 247 Å². The standard InChI is InChI=1S/C30H29BrN2O6S/c1-5-38-26-16-21(14-24(31)28(26)39-18-20-8-6-19(2)7-9-20)15-25-29(35)33(22-10-12-23(36-3)13-11-22)30(40)32(25)17-27(34)37-4/h6-16H,5,17-18H2,1-4H3/b25-15-. The van der Waals surface area contributed by atoms with Gasteiger partial charge in [-0.15, -0.1) is 0 Å². The molecule has 0 unspecified atom stereocenters. The lowest BCUT2D eigenvalue weighted by Gasteiger charge is -2.19. The maximum Gasteiger partial charge on any atom is 0.325 e. The second kappa shape index (κ2) is 13.0. The Balaban J connectivity index is 1.70. The van der Waals surface area contributed by atoms with Gasteiger partial charge in [-0.2, -0.15) is 0 Å². The number of thiocarbonyl (C=S) groups is 1. The Kier molecular flexibility index (Phi) is 9.44. The van der Waals surface area contributed by atoms with Crippen molar-refractivity contribution in [3.63, 3.8) is 0 Å². The Bertz CT molecular complexity index is 1440. The van der Waals surface area contributed by atoms with Crippen molar-refractivity contribution in [1.29, 1.82) is 0 Å². The van der Waals surface area contributed by atoms with Crippen LogP contribution in [0.5, 0.6) is 17.2 Å². The lowest BCUT2D eigenvalue weighted by atomic mass is 10.1. The summed E-state index contributed by atoms with van der Waals surface area (Å²) in [5.41, 5.74) is 3.60. The van der Waals surface area contributed by atoms with Gasteiger partial charge in [-0.25, -0.2) is 0 Å². The van der Waals surface area contributed by atoms with E-state index in [0.29, 0.717) is 46.2 Å². The molecule has 0 spiro atoms. The van der Waals surface area contributed by atoms with Crippen molar-refractivity contribution in [3.8, 4) is 17.2 Å². The Morgan fingerprint density at radius 2 is 1.73 bits per heavy atom. The normalized spacial score (nSPS) is 14.1. The third-order valence-corrected chi connectivity index (χ3v) is 7.11. The summed E-state index contributed by atoms with van der Waals surface area (Å²) in [7, 11) is 2.85. The van der Waals surface area contributed by atoms with E-state index in [9.17, 15) is 9.59 Å². The van der Waals surface area contributed by atoms with Crippen LogP contribution in [0.4, 0.5) is 5.69 Å². The molecule has 1 heterocycles. The maximum atomic E-state index is 13.7. The van der Waals surface area contributed by atoms with Gasteiger partial charge in [0.05, 0.1) is 31.0 Å². The highest BCUT2D eigenvalue weighted by molar-refractivity contribution is 9.10. The summed E-state index contributed by atoms with van der Waals surface area (Å²) in [6.07, 6.45) is 1.66. The van der Waals surface area contributed by atoms with Gasteiger partial charge in [0.1, 0.15) is 24.6 Å². The molecular weight excluding hydrogens is 596 g/mol. The van der Waals surface area contributed by atoms with Crippen LogP contribution in [0.15, 0.2) is 70.8 Å². The summed E-state index contributed by atoms with van der Waals surface area (Å²) in [6.45, 7) is 4.46. The highest BCUT2D eigenvalue weighted by Gasteiger charge is 2.40. The summed E-state index contributed by atoms with van der Waals surface area (Å²) < 4.78 is 22.8. The summed E-state index contributed by atoms with van der Waals surface area (Å²) in [5.74, 6) is 0.780. The van der Waals surface area contributed by atoms with Gasteiger partial charge in [-0.3, -0.25) is 14.5 Å². The molecular formula is C30H29BrN2O6S. The van der Waals surface area contributed by atoms with Crippen molar-refractivity contribution in [2.75, 3.05) is 32.3 Å². The molecule has 8 nitrogen and oxygen atoms in total. The van der Waals surface area contributed by atoms with Gasteiger partial charge in [-0.1, -0.05) is 29.8 Å². The zero-order valence-corrected chi connectivity index (χ0v) is 25.0. The quantitative estimate of drug-likeness (QED) is 0.157. The molecule has 40 heavy (non-hydrogen) atoms. The van der Waals surface area contributed by atoms with Crippen LogP contribution in [-0.4, -0.2) is 49.3 Å². The predicted molar refractivity (Wildman–Crippen MR) is 161 cm³/mol. The minimum atomic E-state index is -0.534. The van der Waals surface area contributed by atoms with Gasteiger partial charge in [0, 0.05) is 0 Å².